The van der Waals surface area contributed by atoms with Crippen LogP contribution in [0.4, 0.5) is 10.1 Å². The number of hydrogen-bond acceptors (Lipinski definition) is 4. The first-order valence-electron chi connectivity index (χ1n) is 6.90. The number of piperidine rings is 1. The summed E-state index contributed by atoms with van der Waals surface area (Å²) >= 11 is 0. The summed E-state index contributed by atoms with van der Waals surface area (Å²) in [6.07, 6.45) is 3.34. The van der Waals surface area contributed by atoms with E-state index < -0.39 is 5.97 Å². The van der Waals surface area contributed by atoms with E-state index in [4.69, 9.17) is 5.11 Å². The number of halogens is 1. The maximum Gasteiger partial charge on any atom is 0.374 e. The van der Waals surface area contributed by atoms with Gasteiger partial charge in [0.15, 0.2) is 0 Å². The first-order valence-corrected chi connectivity index (χ1v) is 6.90. The molecule has 2 aromatic rings. The summed E-state index contributed by atoms with van der Waals surface area (Å²) in [5.41, 5.74) is 1.40. The fourth-order valence-corrected chi connectivity index (χ4v) is 2.57. The Labute approximate surface area is 121 Å². The Hall–Kier alpha value is -2.37. The molecule has 21 heavy (non-hydrogen) atoms. The highest BCUT2D eigenvalue weighted by Crippen LogP contribution is 2.28. The van der Waals surface area contributed by atoms with Gasteiger partial charge in [0, 0.05) is 24.7 Å². The second-order valence-corrected chi connectivity index (χ2v) is 5.10. The van der Waals surface area contributed by atoms with E-state index in [0.29, 0.717) is 16.9 Å². The average Bonchev–Trinajstić information content (AvgIpc) is 2.98. The zero-order valence-corrected chi connectivity index (χ0v) is 11.4. The Balaban J connectivity index is 1.87. The predicted molar refractivity (Wildman–Crippen MR) is 74.9 cm³/mol. The van der Waals surface area contributed by atoms with Gasteiger partial charge in [0.25, 0.3) is 0 Å². The molecule has 0 radical (unpaired) electrons. The number of aromatic carboxylic acids is 1. The number of carbonyl (C=O) groups is 1. The zero-order chi connectivity index (χ0) is 14.8. The summed E-state index contributed by atoms with van der Waals surface area (Å²) < 4.78 is 19.0. The molecular formula is C15H15FN2O3. The second kappa shape index (κ2) is 5.55. The molecule has 3 rings (SSSR count). The SMILES string of the molecule is O=C(O)c1cc(-c2ccc(N3CCCCC3)c(F)c2)no1. The van der Waals surface area contributed by atoms with Gasteiger partial charge in [-0.3, -0.25) is 0 Å². The molecule has 1 aliphatic rings. The summed E-state index contributed by atoms with van der Waals surface area (Å²) in [7, 11) is 0. The van der Waals surface area contributed by atoms with Gasteiger partial charge in [-0.25, -0.2) is 9.18 Å². The average molecular weight is 290 g/mol. The number of benzene rings is 1. The van der Waals surface area contributed by atoms with Crippen molar-refractivity contribution in [2.75, 3.05) is 18.0 Å². The highest BCUT2D eigenvalue weighted by molar-refractivity contribution is 5.85. The lowest BCUT2D eigenvalue weighted by Crippen LogP contribution is -2.30. The highest BCUT2D eigenvalue weighted by Gasteiger charge is 2.17. The Kier molecular flexibility index (Phi) is 3.60. The van der Waals surface area contributed by atoms with Gasteiger partial charge in [0.1, 0.15) is 11.5 Å². The third-order valence-electron chi connectivity index (χ3n) is 3.66. The number of anilines is 1. The van der Waals surface area contributed by atoms with E-state index in [2.05, 4.69) is 9.68 Å². The van der Waals surface area contributed by atoms with Crippen LogP contribution in [0.5, 0.6) is 0 Å². The van der Waals surface area contributed by atoms with Crippen molar-refractivity contribution < 1.29 is 18.8 Å². The van der Waals surface area contributed by atoms with Crippen molar-refractivity contribution in [3.05, 3.63) is 35.8 Å². The van der Waals surface area contributed by atoms with Crippen LogP contribution in [-0.2, 0) is 0 Å². The molecule has 0 atom stereocenters. The molecule has 0 saturated carbocycles. The van der Waals surface area contributed by atoms with E-state index in [0.717, 1.165) is 25.9 Å². The number of nitrogens with zero attached hydrogens (tertiary/aromatic N) is 2. The van der Waals surface area contributed by atoms with E-state index >= 15 is 0 Å². The van der Waals surface area contributed by atoms with Gasteiger partial charge in [-0.05, 0) is 31.4 Å². The van der Waals surface area contributed by atoms with Crippen LogP contribution < -0.4 is 4.90 Å². The third kappa shape index (κ3) is 2.74. The summed E-state index contributed by atoms with van der Waals surface area (Å²) in [5, 5.41) is 12.5. The van der Waals surface area contributed by atoms with Gasteiger partial charge >= 0.3 is 5.97 Å². The van der Waals surface area contributed by atoms with E-state index in [1.165, 1.54) is 18.6 Å². The van der Waals surface area contributed by atoms with E-state index in [1.54, 1.807) is 12.1 Å². The van der Waals surface area contributed by atoms with Crippen LogP contribution in [-0.4, -0.2) is 29.3 Å². The van der Waals surface area contributed by atoms with E-state index in [-0.39, 0.29) is 11.6 Å². The van der Waals surface area contributed by atoms with E-state index in [9.17, 15) is 9.18 Å². The van der Waals surface area contributed by atoms with Crippen molar-refractivity contribution in [3.8, 4) is 11.3 Å². The summed E-state index contributed by atoms with van der Waals surface area (Å²) in [6.45, 7) is 1.73. The highest BCUT2D eigenvalue weighted by atomic mass is 19.1. The summed E-state index contributed by atoms with van der Waals surface area (Å²) in [4.78, 5) is 12.8. The second-order valence-electron chi connectivity index (χ2n) is 5.10. The Morgan fingerprint density at radius 1 is 1.24 bits per heavy atom. The van der Waals surface area contributed by atoms with Crippen LogP contribution >= 0.6 is 0 Å². The molecule has 1 aromatic carbocycles. The van der Waals surface area contributed by atoms with E-state index in [1.807, 2.05) is 4.90 Å². The number of hydrogen-bond donors (Lipinski definition) is 1. The quantitative estimate of drug-likeness (QED) is 0.940. The first-order chi connectivity index (χ1) is 10.1. The maximum atomic E-state index is 14.3. The van der Waals surface area contributed by atoms with Crippen LogP contribution in [0.25, 0.3) is 11.3 Å². The van der Waals surface area contributed by atoms with Crippen molar-refractivity contribution >= 4 is 11.7 Å². The fourth-order valence-electron chi connectivity index (χ4n) is 2.57. The molecule has 0 amide bonds. The molecule has 1 aliphatic heterocycles. The number of aromatic nitrogens is 1. The third-order valence-corrected chi connectivity index (χ3v) is 3.66. The van der Waals surface area contributed by atoms with Crippen molar-refractivity contribution in [1.29, 1.82) is 0 Å². The molecule has 110 valence electrons. The number of carboxylic acids is 1. The normalized spacial score (nSPS) is 15.2. The Morgan fingerprint density at radius 3 is 2.62 bits per heavy atom. The van der Waals surface area contributed by atoms with Gasteiger partial charge in [-0.15, -0.1) is 0 Å². The molecule has 6 heteroatoms. The topological polar surface area (TPSA) is 66.6 Å². The molecule has 1 aromatic heterocycles. The van der Waals surface area contributed by atoms with Crippen LogP contribution in [0, 0.1) is 5.82 Å². The molecular weight excluding hydrogens is 275 g/mol. The van der Waals surface area contributed by atoms with Crippen LogP contribution in [0.1, 0.15) is 29.8 Å². The summed E-state index contributed by atoms with van der Waals surface area (Å²) in [5.74, 6) is -1.78. The predicted octanol–water partition coefficient (Wildman–Crippen LogP) is 3.17. The molecule has 2 heterocycles. The smallest absolute Gasteiger partial charge is 0.374 e. The van der Waals surface area contributed by atoms with Crippen LogP contribution in [0.3, 0.4) is 0 Å². The minimum absolute atomic E-state index is 0.259. The van der Waals surface area contributed by atoms with Gasteiger partial charge in [0.2, 0.25) is 5.76 Å². The zero-order valence-electron chi connectivity index (χ0n) is 11.4. The lowest BCUT2D eigenvalue weighted by molar-refractivity contribution is 0.0652. The maximum absolute atomic E-state index is 14.3. The van der Waals surface area contributed by atoms with Crippen molar-refractivity contribution in [1.82, 2.24) is 5.16 Å². The molecule has 1 saturated heterocycles. The summed E-state index contributed by atoms with van der Waals surface area (Å²) in [6, 6.07) is 6.10. The molecule has 1 N–H and O–H groups in total. The standard InChI is InChI=1S/C15H15FN2O3/c16-11-8-10(12-9-14(15(19)20)21-17-12)4-5-13(11)18-6-2-1-3-7-18/h4-5,8-9H,1-3,6-7H2,(H,19,20). The molecule has 5 nitrogen and oxygen atoms in total. The molecule has 0 spiro atoms. The van der Waals surface area contributed by atoms with Crippen molar-refractivity contribution in [2.45, 2.75) is 19.3 Å². The minimum atomic E-state index is -1.20. The van der Waals surface area contributed by atoms with Crippen LogP contribution in [0.15, 0.2) is 28.8 Å². The fraction of sp³-hybridized carbons (Fsp3) is 0.333. The molecule has 0 bridgehead atoms. The molecule has 1 fully saturated rings. The van der Waals surface area contributed by atoms with Gasteiger partial charge in [-0.2, -0.15) is 0 Å². The largest absolute Gasteiger partial charge is 0.475 e. The lowest BCUT2D eigenvalue weighted by Gasteiger charge is -2.29. The first kappa shape index (κ1) is 13.6. The Bertz CT molecular complexity index is 663. The Morgan fingerprint density at radius 2 is 2.00 bits per heavy atom. The number of rotatable bonds is 3. The van der Waals surface area contributed by atoms with Crippen LogP contribution in [0.2, 0.25) is 0 Å². The number of carboxylic acid groups (broad SMARTS) is 1. The minimum Gasteiger partial charge on any atom is -0.475 e. The molecule has 0 aliphatic carbocycles. The van der Waals surface area contributed by atoms with Crippen molar-refractivity contribution in [3.63, 3.8) is 0 Å². The lowest BCUT2D eigenvalue weighted by atomic mass is 10.1. The van der Waals surface area contributed by atoms with Gasteiger partial charge in [-0.1, -0.05) is 11.2 Å². The van der Waals surface area contributed by atoms with Gasteiger partial charge in [0.05, 0.1) is 5.69 Å². The molecule has 0 unspecified atom stereocenters. The van der Waals surface area contributed by atoms with Crippen molar-refractivity contribution in [2.24, 2.45) is 0 Å². The van der Waals surface area contributed by atoms with Gasteiger partial charge < -0.3 is 14.5 Å². The monoisotopic (exact) mass is 290 g/mol.